The van der Waals surface area contributed by atoms with Crippen LogP contribution >= 0.6 is 0 Å². The van der Waals surface area contributed by atoms with E-state index in [4.69, 9.17) is 5.73 Å². The highest BCUT2D eigenvalue weighted by Crippen LogP contribution is 2.06. The molecule has 3 heteroatoms. The summed E-state index contributed by atoms with van der Waals surface area (Å²) in [4.78, 5) is 15.6. The summed E-state index contributed by atoms with van der Waals surface area (Å²) in [5.74, 6) is 0.113. The molecule has 0 amide bonds. The van der Waals surface area contributed by atoms with Crippen molar-refractivity contribution in [1.82, 2.24) is 4.98 Å². The predicted molar refractivity (Wildman–Crippen MR) is 55.9 cm³/mol. The highest BCUT2D eigenvalue weighted by atomic mass is 16.1. The fraction of sp³-hybridized carbons (Fsp3) is 0.273. The lowest BCUT2D eigenvalue weighted by Crippen LogP contribution is -2.04. The highest BCUT2D eigenvalue weighted by Gasteiger charge is 2.04. The molecule has 0 aliphatic carbocycles. The monoisotopic (exact) mass is 190 g/mol. The summed E-state index contributed by atoms with van der Waals surface area (Å²) < 4.78 is 0. The number of carbonyl (C=O) groups excluding carboxylic acids is 1. The number of allylic oxidation sites excluding steroid dienone is 1. The van der Waals surface area contributed by atoms with Gasteiger partial charge in [-0.1, -0.05) is 6.08 Å². The Labute approximate surface area is 83.7 Å². The largest absolute Gasteiger partial charge is 0.325 e. The molecule has 14 heavy (non-hydrogen) atoms. The van der Waals surface area contributed by atoms with E-state index in [-0.39, 0.29) is 5.78 Å². The zero-order valence-electron chi connectivity index (χ0n) is 8.07. The molecule has 1 rings (SSSR count). The summed E-state index contributed by atoms with van der Waals surface area (Å²) in [6, 6.07) is 3.45. The summed E-state index contributed by atoms with van der Waals surface area (Å²) in [7, 11) is 0. The molecule has 0 aliphatic rings. The van der Waals surface area contributed by atoms with Crippen LogP contribution in [-0.4, -0.2) is 10.8 Å². The molecule has 0 atom stereocenters. The van der Waals surface area contributed by atoms with Gasteiger partial charge in [-0.05, 0) is 18.6 Å². The first-order valence-electron chi connectivity index (χ1n) is 4.57. The molecule has 2 N–H and O–H groups in total. The van der Waals surface area contributed by atoms with Crippen LogP contribution in [0.2, 0.25) is 0 Å². The van der Waals surface area contributed by atoms with E-state index in [9.17, 15) is 4.79 Å². The first-order chi connectivity index (χ1) is 6.77. The molecule has 0 saturated carbocycles. The Bertz CT molecular complexity index is 334. The number of hydrogen-bond donors (Lipinski definition) is 1. The molecule has 1 aromatic rings. The molecular formula is C11H14N2O. The van der Waals surface area contributed by atoms with Gasteiger partial charge in [-0.2, -0.15) is 0 Å². The van der Waals surface area contributed by atoms with Crippen LogP contribution in [0.3, 0.4) is 0 Å². The van der Waals surface area contributed by atoms with Gasteiger partial charge >= 0.3 is 0 Å². The average molecular weight is 190 g/mol. The summed E-state index contributed by atoms with van der Waals surface area (Å²) in [5, 5.41) is 0. The Morgan fingerprint density at radius 1 is 1.64 bits per heavy atom. The first-order valence-corrected chi connectivity index (χ1v) is 4.57. The van der Waals surface area contributed by atoms with Crippen LogP contribution in [0, 0.1) is 0 Å². The van der Waals surface area contributed by atoms with Crippen molar-refractivity contribution in [2.75, 3.05) is 0 Å². The van der Waals surface area contributed by atoms with E-state index < -0.39 is 0 Å². The molecular weight excluding hydrogens is 176 g/mol. The second kappa shape index (κ2) is 5.29. The molecule has 0 bridgehead atoms. The van der Waals surface area contributed by atoms with E-state index >= 15 is 0 Å². The molecule has 0 aliphatic heterocycles. The Balaban J connectivity index is 2.73. The standard InChI is InChI=1S/C11H14N2O/c1-2-3-4-11(14)9-5-6-13-10(7-9)8-12/h2,5-7H,1,3-4,8,12H2. The average Bonchev–Trinajstić information content (AvgIpc) is 2.26. The summed E-state index contributed by atoms with van der Waals surface area (Å²) in [6.45, 7) is 3.94. The number of nitrogens with zero attached hydrogens (tertiary/aromatic N) is 1. The lowest BCUT2D eigenvalue weighted by atomic mass is 10.1. The van der Waals surface area contributed by atoms with Gasteiger partial charge in [-0.25, -0.2) is 0 Å². The molecule has 0 spiro atoms. The van der Waals surface area contributed by atoms with E-state index in [0.717, 1.165) is 5.69 Å². The summed E-state index contributed by atoms with van der Waals surface area (Å²) in [6.07, 6.45) is 4.56. The topological polar surface area (TPSA) is 56.0 Å². The van der Waals surface area contributed by atoms with Crippen molar-refractivity contribution in [1.29, 1.82) is 0 Å². The van der Waals surface area contributed by atoms with Crippen molar-refractivity contribution in [3.63, 3.8) is 0 Å². The predicted octanol–water partition coefficient (Wildman–Crippen LogP) is 1.69. The van der Waals surface area contributed by atoms with Gasteiger partial charge in [0, 0.05) is 24.7 Å². The highest BCUT2D eigenvalue weighted by molar-refractivity contribution is 5.96. The van der Waals surface area contributed by atoms with E-state index in [1.54, 1.807) is 24.4 Å². The number of aromatic nitrogens is 1. The van der Waals surface area contributed by atoms with Crippen molar-refractivity contribution in [3.8, 4) is 0 Å². The number of hydrogen-bond acceptors (Lipinski definition) is 3. The molecule has 74 valence electrons. The summed E-state index contributed by atoms with van der Waals surface area (Å²) in [5.41, 5.74) is 6.86. The molecule has 0 fully saturated rings. The minimum atomic E-state index is 0.113. The lowest BCUT2D eigenvalue weighted by Gasteiger charge is -2.00. The lowest BCUT2D eigenvalue weighted by molar-refractivity contribution is 0.0983. The Morgan fingerprint density at radius 2 is 2.43 bits per heavy atom. The third-order valence-electron chi connectivity index (χ3n) is 1.92. The zero-order valence-corrected chi connectivity index (χ0v) is 8.07. The van der Waals surface area contributed by atoms with Gasteiger partial charge in [0.2, 0.25) is 0 Å². The third kappa shape index (κ3) is 2.78. The Morgan fingerprint density at radius 3 is 3.07 bits per heavy atom. The number of rotatable bonds is 5. The van der Waals surface area contributed by atoms with Crippen LogP contribution in [0.4, 0.5) is 0 Å². The van der Waals surface area contributed by atoms with Gasteiger partial charge in [0.25, 0.3) is 0 Å². The van der Waals surface area contributed by atoms with Crippen molar-refractivity contribution in [2.45, 2.75) is 19.4 Å². The fourth-order valence-corrected chi connectivity index (χ4v) is 1.14. The van der Waals surface area contributed by atoms with E-state index in [1.165, 1.54) is 0 Å². The van der Waals surface area contributed by atoms with Crippen LogP contribution < -0.4 is 5.73 Å². The number of pyridine rings is 1. The van der Waals surface area contributed by atoms with E-state index in [2.05, 4.69) is 11.6 Å². The maximum atomic E-state index is 11.6. The van der Waals surface area contributed by atoms with Crippen LogP contribution in [0.1, 0.15) is 28.9 Å². The smallest absolute Gasteiger partial charge is 0.163 e. The molecule has 0 radical (unpaired) electrons. The molecule has 0 unspecified atom stereocenters. The number of ketones is 1. The Hall–Kier alpha value is -1.48. The minimum Gasteiger partial charge on any atom is -0.325 e. The summed E-state index contributed by atoms with van der Waals surface area (Å²) >= 11 is 0. The number of carbonyl (C=O) groups is 1. The van der Waals surface area contributed by atoms with Crippen LogP contribution in [0.15, 0.2) is 31.0 Å². The third-order valence-corrected chi connectivity index (χ3v) is 1.92. The van der Waals surface area contributed by atoms with Gasteiger partial charge in [0.1, 0.15) is 0 Å². The van der Waals surface area contributed by atoms with Gasteiger partial charge < -0.3 is 5.73 Å². The van der Waals surface area contributed by atoms with Crippen molar-refractivity contribution < 1.29 is 4.79 Å². The number of nitrogens with two attached hydrogens (primary N) is 1. The number of Topliss-reactive ketones (excluding diaryl/α,β-unsaturated/α-hetero) is 1. The molecule has 0 aromatic carbocycles. The maximum Gasteiger partial charge on any atom is 0.163 e. The van der Waals surface area contributed by atoms with Gasteiger partial charge in [0.15, 0.2) is 5.78 Å². The van der Waals surface area contributed by atoms with Crippen molar-refractivity contribution >= 4 is 5.78 Å². The second-order valence-corrected chi connectivity index (χ2v) is 2.99. The normalized spacial score (nSPS) is 9.79. The quantitative estimate of drug-likeness (QED) is 0.567. The molecule has 0 saturated heterocycles. The first kappa shape index (κ1) is 10.6. The van der Waals surface area contributed by atoms with Gasteiger partial charge in [-0.3, -0.25) is 9.78 Å². The van der Waals surface area contributed by atoms with Crippen LogP contribution in [-0.2, 0) is 6.54 Å². The van der Waals surface area contributed by atoms with Gasteiger partial charge in [0.05, 0.1) is 5.69 Å². The second-order valence-electron chi connectivity index (χ2n) is 2.99. The maximum absolute atomic E-state index is 11.6. The van der Waals surface area contributed by atoms with Crippen LogP contribution in [0.5, 0.6) is 0 Å². The van der Waals surface area contributed by atoms with E-state index in [1.807, 2.05) is 0 Å². The van der Waals surface area contributed by atoms with Crippen molar-refractivity contribution in [2.24, 2.45) is 5.73 Å². The van der Waals surface area contributed by atoms with E-state index in [0.29, 0.717) is 24.9 Å². The van der Waals surface area contributed by atoms with Gasteiger partial charge in [-0.15, -0.1) is 6.58 Å². The SMILES string of the molecule is C=CCCC(=O)c1ccnc(CN)c1. The van der Waals surface area contributed by atoms with Crippen LogP contribution in [0.25, 0.3) is 0 Å². The van der Waals surface area contributed by atoms with Crippen molar-refractivity contribution in [3.05, 3.63) is 42.2 Å². The minimum absolute atomic E-state index is 0.113. The zero-order chi connectivity index (χ0) is 10.4. The molecule has 3 nitrogen and oxygen atoms in total. The molecule has 1 aromatic heterocycles. The Kier molecular flexibility index (Phi) is 4.01. The fourth-order valence-electron chi connectivity index (χ4n) is 1.14. The molecule has 1 heterocycles.